The molecule has 0 spiro atoms. The van der Waals surface area contributed by atoms with Crippen molar-refractivity contribution < 1.29 is 4.79 Å². The highest BCUT2D eigenvalue weighted by Crippen LogP contribution is 2.30. The van der Waals surface area contributed by atoms with E-state index in [1.54, 1.807) is 18.3 Å². The molecule has 5 heteroatoms. The number of nitrogens with zero attached hydrogens (tertiary/aromatic N) is 3. The van der Waals surface area contributed by atoms with E-state index in [9.17, 15) is 4.79 Å². The van der Waals surface area contributed by atoms with Crippen LogP contribution in [0.4, 0.5) is 0 Å². The Morgan fingerprint density at radius 3 is 2.68 bits per heavy atom. The van der Waals surface area contributed by atoms with Gasteiger partial charge in [-0.2, -0.15) is 0 Å². The lowest BCUT2D eigenvalue weighted by Crippen LogP contribution is -2.25. The Morgan fingerprint density at radius 2 is 1.88 bits per heavy atom. The third kappa shape index (κ3) is 2.75. The lowest BCUT2D eigenvalue weighted by atomic mass is 10.1. The van der Waals surface area contributed by atoms with E-state index >= 15 is 0 Å². The van der Waals surface area contributed by atoms with Crippen LogP contribution in [0.15, 0.2) is 59.3 Å². The molecule has 0 saturated heterocycles. The van der Waals surface area contributed by atoms with Crippen LogP contribution in [0.2, 0.25) is 0 Å². The Hall–Kier alpha value is -2.84. The van der Waals surface area contributed by atoms with E-state index in [1.165, 1.54) is 0 Å². The number of halogens is 1. The quantitative estimate of drug-likeness (QED) is 0.548. The summed E-state index contributed by atoms with van der Waals surface area (Å²) in [6.45, 7) is 0.457. The highest BCUT2D eigenvalue weighted by molar-refractivity contribution is 9.10. The van der Waals surface area contributed by atoms with E-state index in [2.05, 4.69) is 32.8 Å². The fraction of sp³-hybridized carbons (Fsp3) is 0.100. The number of hydrogen-bond donors (Lipinski definition) is 0. The van der Waals surface area contributed by atoms with Crippen LogP contribution < -0.4 is 0 Å². The van der Waals surface area contributed by atoms with E-state index in [0.29, 0.717) is 17.8 Å². The number of carbonyl (C=O) groups excluding carboxylic acids is 1. The summed E-state index contributed by atoms with van der Waals surface area (Å²) < 4.78 is 2.73. The van der Waals surface area contributed by atoms with Crippen LogP contribution in [-0.4, -0.2) is 27.4 Å². The first-order valence-electron chi connectivity index (χ1n) is 7.83. The number of aromatic nitrogens is 2. The SMILES string of the molecule is CN1Cc2c(C#Cc3ccccc3)ncn2-c2cccc(Br)c2C1=O. The Morgan fingerprint density at radius 1 is 1.08 bits per heavy atom. The van der Waals surface area contributed by atoms with E-state index in [0.717, 1.165) is 21.4 Å². The minimum Gasteiger partial charge on any atom is -0.336 e. The second-order valence-corrected chi connectivity index (χ2v) is 6.68. The predicted octanol–water partition coefficient (Wildman–Crippen LogP) is 3.62. The molecule has 3 aromatic rings. The molecule has 0 bridgehead atoms. The molecule has 0 N–H and O–H groups in total. The zero-order valence-corrected chi connectivity index (χ0v) is 15.1. The molecule has 0 aliphatic carbocycles. The van der Waals surface area contributed by atoms with Crippen molar-refractivity contribution in [3.8, 4) is 17.5 Å². The fourth-order valence-electron chi connectivity index (χ4n) is 2.90. The topological polar surface area (TPSA) is 38.1 Å². The number of benzene rings is 2. The lowest BCUT2D eigenvalue weighted by Gasteiger charge is -2.14. The number of hydrogen-bond acceptors (Lipinski definition) is 2. The Labute approximate surface area is 154 Å². The average molecular weight is 392 g/mol. The summed E-state index contributed by atoms with van der Waals surface area (Å²) in [7, 11) is 1.79. The molecule has 0 fully saturated rings. The van der Waals surface area contributed by atoms with Crippen LogP contribution in [0.3, 0.4) is 0 Å². The van der Waals surface area contributed by atoms with E-state index < -0.39 is 0 Å². The molecule has 2 heterocycles. The Kier molecular flexibility index (Phi) is 3.90. The van der Waals surface area contributed by atoms with E-state index in [-0.39, 0.29) is 5.91 Å². The van der Waals surface area contributed by atoms with Crippen LogP contribution in [-0.2, 0) is 6.54 Å². The van der Waals surface area contributed by atoms with Crippen molar-refractivity contribution >= 4 is 21.8 Å². The van der Waals surface area contributed by atoms with Crippen molar-refractivity contribution in [2.24, 2.45) is 0 Å². The van der Waals surface area contributed by atoms with Crippen molar-refractivity contribution in [1.29, 1.82) is 0 Å². The molecule has 4 nitrogen and oxygen atoms in total. The van der Waals surface area contributed by atoms with Gasteiger partial charge in [0.15, 0.2) is 0 Å². The average Bonchev–Trinajstić information content (AvgIpc) is 2.98. The summed E-state index contributed by atoms with van der Waals surface area (Å²) in [6.07, 6.45) is 1.74. The molecule has 25 heavy (non-hydrogen) atoms. The fourth-order valence-corrected chi connectivity index (χ4v) is 3.43. The Balaban J connectivity index is 1.86. The standard InChI is InChI=1S/C20H14BrN3O/c1-23-12-18-16(11-10-14-6-3-2-4-7-14)22-13-24(18)17-9-5-8-15(21)19(17)20(23)25/h2-9,13H,12H2,1H3. The molecular formula is C20H14BrN3O. The highest BCUT2D eigenvalue weighted by Gasteiger charge is 2.27. The maximum atomic E-state index is 12.7. The molecule has 0 radical (unpaired) electrons. The molecule has 122 valence electrons. The first-order valence-corrected chi connectivity index (χ1v) is 8.62. The number of amides is 1. The van der Waals surface area contributed by atoms with Crippen molar-refractivity contribution in [3.05, 3.63) is 81.8 Å². The normalized spacial score (nSPS) is 12.7. The van der Waals surface area contributed by atoms with Gasteiger partial charge in [-0.1, -0.05) is 30.2 Å². The van der Waals surface area contributed by atoms with Crippen LogP contribution in [0.1, 0.15) is 27.3 Å². The van der Waals surface area contributed by atoms with Gasteiger partial charge in [-0.3, -0.25) is 9.36 Å². The van der Waals surface area contributed by atoms with Gasteiger partial charge in [-0.05, 0) is 46.1 Å². The second kappa shape index (κ2) is 6.23. The van der Waals surface area contributed by atoms with Gasteiger partial charge in [0.1, 0.15) is 12.0 Å². The number of imidazole rings is 1. The van der Waals surface area contributed by atoms with Crippen LogP contribution in [0, 0.1) is 11.8 Å². The van der Waals surface area contributed by atoms with Gasteiger partial charge >= 0.3 is 0 Å². The van der Waals surface area contributed by atoms with Gasteiger partial charge in [-0.25, -0.2) is 4.98 Å². The summed E-state index contributed by atoms with van der Waals surface area (Å²) >= 11 is 3.50. The summed E-state index contributed by atoms with van der Waals surface area (Å²) in [5.74, 6) is 6.27. The maximum absolute atomic E-state index is 12.7. The summed E-state index contributed by atoms with van der Waals surface area (Å²) in [5, 5.41) is 0. The second-order valence-electron chi connectivity index (χ2n) is 5.82. The van der Waals surface area contributed by atoms with Crippen LogP contribution in [0.25, 0.3) is 5.69 Å². The zero-order valence-electron chi connectivity index (χ0n) is 13.5. The van der Waals surface area contributed by atoms with Gasteiger partial charge in [0.05, 0.1) is 23.5 Å². The molecule has 2 aromatic carbocycles. The van der Waals surface area contributed by atoms with E-state index in [1.807, 2.05) is 53.1 Å². The largest absolute Gasteiger partial charge is 0.336 e. The molecular weight excluding hydrogens is 378 g/mol. The number of fused-ring (bicyclic) bond motifs is 3. The molecule has 1 aromatic heterocycles. The molecule has 0 saturated carbocycles. The van der Waals surface area contributed by atoms with Gasteiger partial charge < -0.3 is 4.90 Å². The molecule has 0 atom stereocenters. The first-order chi connectivity index (χ1) is 12.1. The van der Waals surface area contributed by atoms with Gasteiger partial charge in [0, 0.05) is 17.1 Å². The predicted molar refractivity (Wildman–Crippen MR) is 99.5 cm³/mol. The van der Waals surface area contributed by atoms with Crippen molar-refractivity contribution in [1.82, 2.24) is 14.5 Å². The minimum atomic E-state index is -0.0202. The minimum absolute atomic E-state index is 0.0202. The smallest absolute Gasteiger partial charge is 0.257 e. The number of rotatable bonds is 0. The van der Waals surface area contributed by atoms with Gasteiger partial charge in [0.2, 0.25) is 0 Å². The first kappa shape index (κ1) is 15.7. The Bertz CT molecular complexity index is 1030. The summed E-state index contributed by atoms with van der Waals surface area (Å²) in [5.41, 5.74) is 4.00. The number of carbonyl (C=O) groups is 1. The maximum Gasteiger partial charge on any atom is 0.257 e. The third-order valence-corrected chi connectivity index (χ3v) is 4.82. The molecule has 1 aliphatic rings. The van der Waals surface area contributed by atoms with Crippen molar-refractivity contribution in [2.75, 3.05) is 7.05 Å². The van der Waals surface area contributed by atoms with E-state index in [4.69, 9.17) is 0 Å². The monoisotopic (exact) mass is 391 g/mol. The summed E-state index contributed by atoms with van der Waals surface area (Å²) in [6, 6.07) is 15.5. The third-order valence-electron chi connectivity index (χ3n) is 4.16. The molecule has 0 unspecified atom stereocenters. The molecule has 1 aliphatic heterocycles. The molecule has 4 rings (SSSR count). The van der Waals surface area contributed by atoms with Crippen LogP contribution in [0.5, 0.6) is 0 Å². The van der Waals surface area contributed by atoms with Crippen molar-refractivity contribution in [2.45, 2.75) is 6.54 Å². The molecule has 1 amide bonds. The van der Waals surface area contributed by atoms with Gasteiger partial charge in [-0.15, -0.1) is 0 Å². The van der Waals surface area contributed by atoms with Gasteiger partial charge in [0.25, 0.3) is 5.91 Å². The van der Waals surface area contributed by atoms with Crippen LogP contribution >= 0.6 is 15.9 Å². The zero-order chi connectivity index (χ0) is 17.4. The lowest BCUT2D eigenvalue weighted by molar-refractivity contribution is 0.0787. The summed E-state index contributed by atoms with van der Waals surface area (Å²) in [4.78, 5) is 18.9. The van der Waals surface area contributed by atoms with Crippen molar-refractivity contribution in [3.63, 3.8) is 0 Å². The highest BCUT2D eigenvalue weighted by atomic mass is 79.9.